The summed E-state index contributed by atoms with van der Waals surface area (Å²) in [5.74, 6) is 1.67. The molecule has 1 fully saturated rings. The first-order valence-corrected chi connectivity index (χ1v) is 7.43. The molecule has 0 aromatic carbocycles. The highest BCUT2D eigenvalue weighted by Crippen LogP contribution is 2.19. The van der Waals surface area contributed by atoms with Gasteiger partial charge in [-0.15, -0.1) is 0 Å². The van der Waals surface area contributed by atoms with Crippen molar-refractivity contribution in [2.24, 2.45) is 11.8 Å². The molecule has 2 nitrogen and oxygen atoms in total. The summed E-state index contributed by atoms with van der Waals surface area (Å²) in [6.45, 7) is 11.9. The third-order valence-electron chi connectivity index (χ3n) is 4.09. The van der Waals surface area contributed by atoms with E-state index in [9.17, 15) is 0 Å². The largest absolute Gasteiger partial charge is 0.311 e. The second kappa shape index (κ2) is 7.38. The van der Waals surface area contributed by atoms with E-state index in [0.717, 1.165) is 11.8 Å². The topological polar surface area (TPSA) is 15.3 Å². The highest BCUT2D eigenvalue weighted by molar-refractivity contribution is 4.80. The molecule has 0 radical (unpaired) electrons. The van der Waals surface area contributed by atoms with E-state index in [2.05, 4.69) is 45.0 Å². The average molecular weight is 240 g/mol. The zero-order valence-electron chi connectivity index (χ0n) is 12.5. The van der Waals surface area contributed by atoms with Crippen molar-refractivity contribution >= 4 is 0 Å². The highest BCUT2D eigenvalue weighted by atomic mass is 15.1. The lowest BCUT2D eigenvalue weighted by molar-refractivity contribution is 0.172. The van der Waals surface area contributed by atoms with Crippen molar-refractivity contribution in [3.05, 3.63) is 0 Å². The molecule has 0 aliphatic carbocycles. The van der Waals surface area contributed by atoms with Gasteiger partial charge in [0.15, 0.2) is 0 Å². The fraction of sp³-hybridized carbons (Fsp3) is 1.00. The predicted octanol–water partition coefficient (Wildman–Crippen LogP) is 3.13. The summed E-state index contributed by atoms with van der Waals surface area (Å²) >= 11 is 0. The summed E-state index contributed by atoms with van der Waals surface area (Å²) in [4.78, 5) is 2.48. The fourth-order valence-corrected chi connectivity index (χ4v) is 2.87. The van der Waals surface area contributed by atoms with Crippen LogP contribution in [-0.4, -0.2) is 37.1 Å². The maximum atomic E-state index is 3.80. The SMILES string of the molecule is CC(C)CCC(C)NC(C)C1CCCN(C)C1. The molecule has 0 aromatic rings. The Labute approximate surface area is 108 Å². The van der Waals surface area contributed by atoms with Gasteiger partial charge in [-0.3, -0.25) is 0 Å². The lowest BCUT2D eigenvalue weighted by Gasteiger charge is -2.35. The number of nitrogens with one attached hydrogen (secondary N) is 1. The Morgan fingerprint density at radius 2 is 1.88 bits per heavy atom. The van der Waals surface area contributed by atoms with Crippen LogP contribution in [0.4, 0.5) is 0 Å². The minimum Gasteiger partial charge on any atom is -0.311 e. The zero-order valence-corrected chi connectivity index (χ0v) is 12.5. The molecule has 1 N–H and O–H groups in total. The van der Waals surface area contributed by atoms with Crippen LogP contribution in [-0.2, 0) is 0 Å². The Hall–Kier alpha value is -0.0800. The van der Waals surface area contributed by atoms with Crippen LogP contribution in [0.25, 0.3) is 0 Å². The van der Waals surface area contributed by atoms with Gasteiger partial charge in [0.25, 0.3) is 0 Å². The predicted molar refractivity (Wildman–Crippen MR) is 76.4 cm³/mol. The van der Waals surface area contributed by atoms with Crippen molar-refractivity contribution in [1.82, 2.24) is 10.2 Å². The van der Waals surface area contributed by atoms with E-state index >= 15 is 0 Å². The molecule has 3 atom stereocenters. The van der Waals surface area contributed by atoms with Gasteiger partial charge in [0, 0.05) is 18.6 Å². The van der Waals surface area contributed by atoms with Crippen molar-refractivity contribution in [1.29, 1.82) is 0 Å². The van der Waals surface area contributed by atoms with Crippen molar-refractivity contribution < 1.29 is 0 Å². The molecule has 1 heterocycles. The third kappa shape index (κ3) is 5.87. The fourth-order valence-electron chi connectivity index (χ4n) is 2.87. The monoisotopic (exact) mass is 240 g/mol. The highest BCUT2D eigenvalue weighted by Gasteiger charge is 2.23. The van der Waals surface area contributed by atoms with Crippen molar-refractivity contribution in [3.8, 4) is 0 Å². The number of hydrogen-bond donors (Lipinski definition) is 1. The second-order valence-corrected chi connectivity index (χ2v) is 6.49. The maximum absolute atomic E-state index is 3.80. The first kappa shape index (κ1) is 15.0. The molecule has 3 unspecified atom stereocenters. The normalized spacial score (nSPS) is 26.1. The van der Waals surface area contributed by atoms with Crippen LogP contribution < -0.4 is 5.32 Å². The zero-order chi connectivity index (χ0) is 12.8. The van der Waals surface area contributed by atoms with Gasteiger partial charge in [-0.25, -0.2) is 0 Å². The van der Waals surface area contributed by atoms with Crippen LogP contribution in [0.2, 0.25) is 0 Å². The number of rotatable bonds is 6. The third-order valence-corrected chi connectivity index (χ3v) is 4.09. The van der Waals surface area contributed by atoms with Crippen LogP contribution in [0.5, 0.6) is 0 Å². The summed E-state index contributed by atoms with van der Waals surface area (Å²) in [5.41, 5.74) is 0. The van der Waals surface area contributed by atoms with Gasteiger partial charge in [0.1, 0.15) is 0 Å². The van der Waals surface area contributed by atoms with Gasteiger partial charge in [-0.05, 0) is 65.0 Å². The van der Waals surface area contributed by atoms with Crippen LogP contribution in [0, 0.1) is 11.8 Å². The molecule has 17 heavy (non-hydrogen) atoms. The van der Waals surface area contributed by atoms with Crippen molar-refractivity contribution in [2.75, 3.05) is 20.1 Å². The lowest BCUT2D eigenvalue weighted by Crippen LogP contribution is -2.45. The molecular formula is C15H32N2. The summed E-state index contributed by atoms with van der Waals surface area (Å²) in [7, 11) is 2.25. The van der Waals surface area contributed by atoms with Gasteiger partial charge in [-0.1, -0.05) is 13.8 Å². The summed E-state index contributed by atoms with van der Waals surface area (Å²) in [6, 6.07) is 1.33. The summed E-state index contributed by atoms with van der Waals surface area (Å²) in [5, 5.41) is 3.80. The number of nitrogens with zero attached hydrogens (tertiary/aromatic N) is 1. The van der Waals surface area contributed by atoms with Gasteiger partial charge in [0.2, 0.25) is 0 Å². The molecule has 0 bridgehead atoms. The molecule has 0 aromatic heterocycles. The minimum absolute atomic E-state index is 0.666. The molecule has 1 rings (SSSR count). The molecule has 0 saturated carbocycles. The molecule has 102 valence electrons. The second-order valence-electron chi connectivity index (χ2n) is 6.49. The van der Waals surface area contributed by atoms with E-state index in [0.29, 0.717) is 12.1 Å². The van der Waals surface area contributed by atoms with Crippen LogP contribution in [0.3, 0.4) is 0 Å². The number of likely N-dealkylation sites (tertiary alicyclic amines) is 1. The molecule has 1 saturated heterocycles. The molecule has 1 aliphatic heterocycles. The number of piperidine rings is 1. The van der Waals surface area contributed by atoms with E-state index in [1.807, 2.05) is 0 Å². The quantitative estimate of drug-likeness (QED) is 0.767. The van der Waals surface area contributed by atoms with E-state index < -0.39 is 0 Å². The minimum atomic E-state index is 0.666. The van der Waals surface area contributed by atoms with Crippen molar-refractivity contribution in [3.63, 3.8) is 0 Å². The molecule has 0 amide bonds. The van der Waals surface area contributed by atoms with E-state index in [4.69, 9.17) is 0 Å². The van der Waals surface area contributed by atoms with Gasteiger partial charge >= 0.3 is 0 Å². The van der Waals surface area contributed by atoms with E-state index in [1.54, 1.807) is 0 Å². The first-order chi connectivity index (χ1) is 7.99. The Morgan fingerprint density at radius 1 is 1.18 bits per heavy atom. The van der Waals surface area contributed by atoms with Crippen LogP contribution in [0.1, 0.15) is 53.4 Å². The summed E-state index contributed by atoms with van der Waals surface area (Å²) in [6.07, 6.45) is 5.42. The van der Waals surface area contributed by atoms with Gasteiger partial charge in [0.05, 0.1) is 0 Å². The molecule has 2 heteroatoms. The van der Waals surface area contributed by atoms with Gasteiger partial charge in [-0.2, -0.15) is 0 Å². The Kier molecular flexibility index (Phi) is 6.50. The van der Waals surface area contributed by atoms with Crippen LogP contribution in [0.15, 0.2) is 0 Å². The molecule has 1 aliphatic rings. The molecular weight excluding hydrogens is 208 g/mol. The Balaban J connectivity index is 2.24. The Morgan fingerprint density at radius 3 is 2.47 bits per heavy atom. The average Bonchev–Trinajstić information content (AvgIpc) is 2.26. The maximum Gasteiger partial charge on any atom is 0.00816 e. The van der Waals surface area contributed by atoms with E-state index in [-0.39, 0.29) is 0 Å². The van der Waals surface area contributed by atoms with E-state index in [1.165, 1.54) is 38.8 Å². The standard InChI is InChI=1S/C15H32N2/c1-12(2)8-9-13(3)16-14(4)15-7-6-10-17(5)11-15/h12-16H,6-11H2,1-5H3. The summed E-state index contributed by atoms with van der Waals surface area (Å²) < 4.78 is 0. The lowest BCUT2D eigenvalue weighted by atomic mass is 9.91. The number of hydrogen-bond acceptors (Lipinski definition) is 2. The first-order valence-electron chi connectivity index (χ1n) is 7.43. The van der Waals surface area contributed by atoms with Gasteiger partial charge < -0.3 is 10.2 Å². The molecule has 0 spiro atoms. The van der Waals surface area contributed by atoms with Crippen molar-refractivity contribution in [2.45, 2.75) is 65.5 Å². The van der Waals surface area contributed by atoms with Crippen LogP contribution >= 0.6 is 0 Å². The Bertz CT molecular complexity index is 203. The smallest absolute Gasteiger partial charge is 0.00816 e.